The first-order chi connectivity index (χ1) is 3.41. The monoisotopic (exact) mass is 123 g/mol. The Morgan fingerprint density at radius 2 is 2.29 bits per heavy atom. The summed E-state index contributed by atoms with van der Waals surface area (Å²) in [6.07, 6.45) is 0. The smallest absolute Gasteiger partial charge is 0.382 e. The van der Waals surface area contributed by atoms with Crippen LogP contribution in [-0.2, 0) is 13.8 Å². The minimum absolute atomic E-state index is 0.415. The summed E-state index contributed by atoms with van der Waals surface area (Å²) in [4.78, 5) is 0. The van der Waals surface area contributed by atoms with E-state index in [-0.39, 0.29) is 0 Å². The van der Waals surface area contributed by atoms with E-state index in [1.165, 1.54) is 0 Å². The first-order valence-electron chi connectivity index (χ1n) is 1.89. The van der Waals surface area contributed by atoms with Crippen molar-refractivity contribution in [1.29, 1.82) is 0 Å². The lowest BCUT2D eigenvalue weighted by molar-refractivity contribution is 0.153. The van der Waals surface area contributed by atoms with E-state index in [1.54, 1.807) is 7.11 Å². The third-order valence-corrected chi connectivity index (χ3v) is 0.770. The molecule has 0 aromatic carbocycles. The van der Waals surface area contributed by atoms with Crippen LogP contribution in [0.15, 0.2) is 0 Å². The fraction of sp³-hybridized carbons (Fsp3) is 1.00. The quantitative estimate of drug-likeness (QED) is 0.405. The third-order valence-electron chi connectivity index (χ3n) is 0.448. The highest BCUT2D eigenvalue weighted by molar-refractivity contribution is 7.17. The van der Waals surface area contributed by atoms with Gasteiger partial charge in [0.15, 0.2) is 0 Å². The minimum Gasteiger partial charge on any atom is -0.382 e. The molecule has 42 valence electrons. The van der Waals surface area contributed by atoms with Gasteiger partial charge in [0.2, 0.25) is 0 Å². The van der Waals surface area contributed by atoms with Gasteiger partial charge < -0.3 is 4.74 Å². The SMILES string of the molecule is COCCO[PH+]=O. The van der Waals surface area contributed by atoms with Crippen molar-refractivity contribution in [3.05, 3.63) is 0 Å². The molecular weight excluding hydrogens is 115 g/mol. The van der Waals surface area contributed by atoms with Gasteiger partial charge >= 0.3 is 8.69 Å². The van der Waals surface area contributed by atoms with Crippen LogP contribution in [0.4, 0.5) is 0 Å². The van der Waals surface area contributed by atoms with Gasteiger partial charge in [0.25, 0.3) is 0 Å². The van der Waals surface area contributed by atoms with E-state index in [1.807, 2.05) is 0 Å². The van der Waals surface area contributed by atoms with Gasteiger partial charge in [-0.1, -0.05) is 0 Å². The molecule has 0 radical (unpaired) electrons. The van der Waals surface area contributed by atoms with Crippen LogP contribution < -0.4 is 0 Å². The second kappa shape index (κ2) is 6.02. The van der Waals surface area contributed by atoms with Crippen molar-refractivity contribution < 1.29 is 13.8 Å². The number of ether oxygens (including phenoxy) is 1. The predicted molar refractivity (Wildman–Crippen MR) is 26.8 cm³/mol. The van der Waals surface area contributed by atoms with E-state index in [0.717, 1.165) is 0 Å². The van der Waals surface area contributed by atoms with E-state index >= 15 is 0 Å². The molecule has 0 aliphatic heterocycles. The van der Waals surface area contributed by atoms with Crippen LogP contribution in [0, 0.1) is 0 Å². The molecule has 1 unspecified atom stereocenters. The number of hydrogen-bond acceptors (Lipinski definition) is 3. The zero-order valence-electron chi connectivity index (χ0n) is 4.14. The molecule has 0 amide bonds. The van der Waals surface area contributed by atoms with Crippen LogP contribution in [0.25, 0.3) is 0 Å². The molecule has 7 heavy (non-hydrogen) atoms. The molecule has 0 rings (SSSR count). The summed E-state index contributed by atoms with van der Waals surface area (Å²) in [5.41, 5.74) is 0. The zero-order valence-corrected chi connectivity index (χ0v) is 5.14. The summed E-state index contributed by atoms with van der Waals surface area (Å²) in [5.74, 6) is 0. The molecule has 0 aromatic rings. The minimum atomic E-state index is -0.662. The van der Waals surface area contributed by atoms with Gasteiger partial charge in [-0.05, 0) is 4.57 Å². The highest BCUT2D eigenvalue weighted by Gasteiger charge is 1.87. The Morgan fingerprint density at radius 1 is 1.57 bits per heavy atom. The first kappa shape index (κ1) is 7.02. The summed E-state index contributed by atoms with van der Waals surface area (Å²) in [6, 6.07) is 0. The van der Waals surface area contributed by atoms with Crippen LogP contribution in [0.2, 0.25) is 0 Å². The molecule has 0 heterocycles. The van der Waals surface area contributed by atoms with Gasteiger partial charge in [-0.2, -0.15) is 0 Å². The molecule has 0 fully saturated rings. The molecule has 0 saturated carbocycles. The van der Waals surface area contributed by atoms with Crippen molar-refractivity contribution in [2.24, 2.45) is 0 Å². The highest BCUT2D eigenvalue weighted by Crippen LogP contribution is 1.90. The number of rotatable bonds is 4. The van der Waals surface area contributed by atoms with E-state index in [4.69, 9.17) is 0 Å². The van der Waals surface area contributed by atoms with Gasteiger partial charge in [-0.3, -0.25) is 0 Å². The van der Waals surface area contributed by atoms with E-state index < -0.39 is 8.69 Å². The van der Waals surface area contributed by atoms with E-state index in [9.17, 15) is 4.57 Å². The average molecular weight is 123 g/mol. The Morgan fingerprint density at radius 3 is 2.71 bits per heavy atom. The lowest BCUT2D eigenvalue weighted by Crippen LogP contribution is -1.93. The molecule has 0 spiro atoms. The van der Waals surface area contributed by atoms with Crippen LogP contribution in [-0.4, -0.2) is 20.3 Å². The highest BCUT2D eigenvalue weighted by atomic mass is 31.1. The molecule has 0 N–H and O–H groups in total. The summed E-state index contributed by atoms with van der Waals surface area (Å²) in [5, 5.41) is 0. The van der Waals surface area contributed by atoms with Crippen LogP contribution >= 0.6 is 8.69 Å². The molecular formula is C3H8O3P+. The molecule has 3 nitrogen and oxygen atoms in total. The summed E-state index contributed by atoms with van der Waals surface area (Å²) in [7, 11) is 0.904. The Balaban J connectivity index is 2.56. The molecule has 0 aromatic heterocycles. The largest absolute Gasteiger partial charge is 0.494 e. The maximum atomic E-state index is 9.55. The van der Waals surface area contributed by atoms with Gasteiger partial charge in [0.05, 0.1) is 6.61 Å². The van der Waals surface area contributed by atoms with Crippen molar-refractivity contribution in [3.8, 4) is 0 Å². The molecule has 0 aliphatic carbocycles. The standard InChI is InChI=1S/C3H8O3P/c1-5-2-3-6-7-4/h7H,2-3H2,1H3/q+1. The fourth-order valence-electron chi connectivity index (χ4n) is 0.167. The van der Waals surface area contributed by atoms with Crippen LogP contribution in [0.5, 0.6) is 0 Å². The summed E-state index contributed by atoms with van der Waals surface area (Å²) in [6.45, 7) is 0.924. The van der Waals surface area contributed by atoms with Gasteiger partial charge in [0, 0.05) is 7.11 Å². The maximum Gasteiger partial charge on any atom is 0.494 e. The number of methoxy groups -OCH3 is 1. The summed E-state index contributed by atoms with van der Waals surface area (Å²) < 4.78 is 18.6. The Hall–Kier alpha value is 0.0200. The molecule has 0 bridgehead atoms. The summed E-state index contributed by atoms with van der Waals surface area (Å²) >= 11 is 0. The second-order valence-electron chi connectivity index (χ2n) is 0.925. The first-order valence-corrected chi connectivity index (χ1v) is 2.71. The predicted octanol–water partition coefficient (Wildman–Crippen LogP) is 0.588. The molecule has 0 aliphatic rings. The van der Waals surface area contributed by atoms with Crippen molar-refractivity contribution in [2.75, 3.05) is 20.3 Å². The molecule has 4 heteroatoms. The van der Waals surface area contributed by atoms with E-state index in [2.05, 4.69) is 9.26 Å². The lowest BCUT2D eigenvalue weighted by atomic mass is 10.8. The van der Waals surface area contributed by atoms with E-state index in [0.29, 0.717) is 13.2 Å². The van der Waals surface area contributed by atoms with Crippen molar-refractivity contribution >= 4 is 8.69 Å². The lowest BCUT2D eigenvalue weighted by Gasteiger charge is -1.85. The van der Waals surface area contributed by atoms with Crippen LogP contribution in [0.1, 0.15) is 0 Å². The Kier molecular flexibility index (Phi) is 6.04. The third kappa shape index (κ3) is 6.02. The van der Waals surface area contributed by atoms with Crippen molar-refractivity contribution in [2.45, 2.75) is 0 Å². The Bertz CT molecular complexity index is 47.4. The zero-order chi connectivity index (χ0) is 5.54. The number of hydrogen-bond donors (Lipinski definition) is 0. The van der Waals surface area contributed by atoms with Crippen molar-refractivity contribution in [1.82, 2.24) is 0 Å². The van der Waals surface area contributed by atoms with Gasteiger partial charge in [-0.15, -0.1) is 4.52 Å². The normalized spacial score (nSPS) is 9.86. The Labute approximate surface area is 43.9 Å². The topological polar surface area (TPSA) is 35.5 Å². The van der Waals surface area contributed by atoms with Gasteiger partial charge in [0.1, 0.15) is 6.61 Å². The van der Waals surface area contributed by atoms with Gasteiger partial charge in [-0.25, -0.2) is 0 Å². The molecule has 1 atom stereocenters. The average Bonchev–Trinajstić information content (AvgIpc) is 1.69. The maximum absolute atomic E-state index is 9.55. The van der Waals surface area contributed by atoms with Crippen LogP contribution in [0.3, 0.4) is 0 Å². The van der Waals surface area contributed by atoms with Crippen molar-refractivity contribution in [3.63, 3.8) is 0 Å². The second-order valence-corrected chi connectivity index (χ2v) is 1.38. The molecule has 0 saturated heterocycles. The fourth-order valence-corrected chi connectivity index (χ4v) is 0.333.